The molecule has 1 aliphatic rings. The van der Waals surface area contributed by atoms with Crippen LogP contribution in [0.1, 0.15) is 30.2 Å². The van der Waals surface area contributed by atoms with Crippen LogP contribution in [0.5, 0.6) is 0 Å². The number of aryl methyl sites for hydroxylation is 1. The van der Waals surface area contributed by atoms with Crippen molar-refractivity contribution >= 4 is 33.6 Å². The number of aromatic nitrogens is 1. The molecule has 7 nitrogen and oxygen atoms in total. The van der Waals surface area contributed by atoms with Crippen molar-refractivity contribution in [2.45, 2.75) is 45.3 Å². The third-order valence-corrected chi connectivity index (χ3v) is 6.27. The van der Waals surface area contributed by atoms with Crippen LogP contribution in [-0.2, 0) is 22.6 Å². The third-order valence-electron chi connectivity index (χ3n) is 5.74. The molecule has 0 bridgehead atoms. The van der Waals surface area contributed by atoms with Gasteiger partial charge in [0.05, 0.1) is 12.1 Å². The fourth-order valence-electron chi connectivity index (χ4n) is 4.04. The number of carbonyl (C=O) groups is 2. The van der Waals surface area contributed by atoms with Gasteiger partial charge in [-0.05, 0) is 61.9 Å². The van der Waals surface area contributed by atoms with E-state index in [9.17, 15) is 9.59 Å². The number of carbonyl (C=O) groups excluding carboxylic acids is 2. The first-order valence-electron chi connectivity index (χ1n) is 10.0. The summed E-state index contributed by atoms with van der Waals surface area (Å²) in [5, 5.41) is 2.95. The Morgan fingerprint density at radius 2 is 1.97 bits per heavy atom. The standard InChI is InChI=1S/C22H28BrN5O2/c1-13-17(5-8-20(24)27-13)11-26-22(30)14(2)28-12-16(10-19(28)21(25)29)9-15-3-6-18(23)7-4-15/h3-8,14,16,19H,9-12H2,1-2H3,(H2,24,27)(H2,25,29)(H,26,30)/t14-,16?,19?/m0/s1. The summed E-state index contributed by atoms with van der Waals surface area (Å²) in [7, 11) is 0. The van der Waals surface area contributed by atoms with Crippen LogP contribution in [-0.4, -0.2) is 40.3 Å². The van der Waals surface area contributed by atoms with Crippen molar-refractivity contribution in [3.8, 4) is 0 Å². The van der Waals surface area contributed by atoms with Crippen LogP contribution in [0.25, 0.3) is 0 Å². The zero-order valence-corrected chi connectivity index (χ0v) is 18.9. The van der Waals surface area contributed by atoms with Crippen molar-refractivity contribution in [3.63, 3.8) is 0 Å². The molecule has 1 aliphatic heterocycles. The average molecular weight is 474 g/mol. The molecular formula is C22H28BrN5O2. The first kappa shape index (κ1) is 22.2. The number of halogens is 1. The Kier molecular flexibility index (Phi) is 7.10. The molecule has 1 aromatic heterocycles. The van der Waals surface area contributed by atoms with Crippen LogP contribution in [0.15, 0.2) is 40.9 Å². The molecule has 2 amide bonds. The van der Waals surface area contributed by atoms with Gasteiger partial charge in [-0.2, -0.15) is 0 Å². The molecule has 1 aromatic carbocycles. The van der Waals surface area contributed by atoms with Gasteiger partial charge < -0.3 is 16.8 Å². The molecule has 0 saturated carbocycles. The second kappa shape index (κ2) is 9.57. The maximum atomic E-state index is 12.8. The molecule has 0 spiro atoms. The molecule has 8 heteroatoms. The number of nitrogens with one attached hydrogen (secondary N) is 1. The third kappa shape index (κ3) is 5.37. The number of nitrogens with two attached hydrogens (primary N) is 2. The van der Waals surface area contributed by atoms with Crippen molar-refractivity contribution in [2.75, 3.05) is 12.3 Å². The zero-order valence-electron chi connectivity index (χ0n) is 17.3. The number of nitrogen functional groups attached to an aromatic ring is 1. The monoisotopic (exact) mass is 473 g/mol. The van der Waals surface area contributed by atoms with E-state index >= 15 is 0 Å². The number of hydrogen-bond donors (Lipinski definition) is 3. The number of pyridine rings is 1. The van der Waals surface area contributed by atoms with E-state index in [0.29, 0.717) is 25.3 Å². The predicted octanol–water partition coefficient (Wildman–Crippen LogP) is 2.16. The molecule has 3 rings (SSSR count). The smallest absolute Gasteiger partial charge is 0.237 e. The quantitative estimate of drug-likeness (QED) is 0.569. The van der Waals surface area contributed by atoms with Crippen molar-refractivity contribution < 1.29 is 9.59 Å². The fraction of sp³-hybridized carbons (Fsp3) is 0.409. The second-order valence-corrected chi connectivity index (χ2v) is 8.84. The molecule has 30 heavy (non-hydrogen) atoms. The Bertz CT molecular complexity index is 918. The van der Waals surface area contributed by atoms with E-state index in [4.69, 9.17) is 11.5 Å². The minimum Gasteiger partial charge on any atom is -0.384 e. The van der Waals surface area contributed by atoms with Crippen molar-refractivity contribution in [1.82, 2.24) is 15.2 Å². The number of nitrogens with zero attached hydrogens (tertiary/aromatic N) is 2. The lowest BCUT2D eigenvalue weighted by Crippen LogP contribution is -2.51. The summed E-state index contributed by atoms with van der Waals surface area (Å²) in [5.41, 5.74) is 14.2. The van der Waals surface area contributed by atoms with Crippen molar-refractivity contribution in [3.05, 3.63) is 57.7 Å². The highest BCUT2D eigenvalue weighted by molar-refractivity contribution is 9.10. The Morgan fingerprint density at radius 1 is 1.27 bits per heavy atom. The molecule has 0 radical (unpaired) electrons. The second-order valence-electron chi connectivity index (χ2n) is 7.92. The van der Waals surface area contributed by atoms with E-state index in [0.717, 1.165) is 22.2 Å². The number of likely N-dealkylation sites (tertiary alicyclic amines) is 1. The van der Waals surface area contributed by atoms with E-state index < -0.39 is 12.1 Å². The molecule has 5 N–H and O–H groups in total. The summed E-state index contributed by atoms with van der Waals surface area (Å²) in [6.45, 7) is 4.69. The Balaban J connectivity index is 1.63. The summed E-state index contributed by atoms with van der Waals surface area (Å²) in [6.07, 6.45) is 1.50. The number of anilines is 1. The molecule has 1 saturated heterocycles. The lowest BCUT2D eigenvalue weighted by molar-refractivity contribution is -0.129. The van der Waals surface area contributed by atoms with Gasteiger partial charge in [0.15, 0.2) is 0 Å². The fourth-order valence-corrected chi connectivity index (χ4v) is 4.30. The first-order chi connectivity index (χ1) is 14.2. The molecule has 0 aliphatic carbocycles. The predicted molar refractivity (Wildman–Crippen MR) is 120 cm³/mol. The highest BCUT2D eigenvalue weighted by Gasteiger charge is 2.40. The van der Waals surface area contributed by atoms with Crippen molar-refractivity contribution in [2.24, 2.45) is 11.7 Å². The van der Waals surface area contributed by atoms with Gasteiger partial charge in [-0.25, -0.2) is 4.98 Å². The number of primary amides is 1. The highest BCUT2D eigenvalue weighted by atomic mass is 79.9. The summed E-state index contributed by atoms with van der Waals surface area (Å²) in [4.78, 5) is 31.0. The van der Waals surface area contributed by atoms with Crippen LogP contribution in [0.4, 0.5) is 5.82 Å². The maximum Gasteiger partial charge on any atom is 0.237 e. The lowest BCUT2D eigenvalue weighted by atomic mass is 9.97. The van der Waals surface area contributed by atoms with E-state index in [2.05, 4.69) is 38.4 Å². The highest BCUT2D eigenvalue weighted by Crippen LogP contribution is 2.28. The lowest BCUT2D eigenvalue weighted by Gasteiger charge is -2.28. The van der Waals surface area contributed by atoms with Crippen LogP contribution in [0.3, 0.4) is 0 Å². The maximum absolute atomic E-state index is 12.8. The summed E-state index contributed by atoms with van der Waals surface area (Å²) in [5.74, 6) is 0.199. The Labute approximate surface area is 185 Å². The summed E-state index contributed by atoms with van der Waals surface area (Å²) >= 11 is 3.45. The molecule has 2 unspecified atom stereocenters. The SMILES string of the molecule is Cc1nc(N)ccc1CNC(=O)[C@H](C)N1CC(Cc2ccc(Br)cc2)CC1C(N)=O. The van der Waals surface area contributed by atoms with Crippen LogP contribution >= 0.6 is 15.9 Å². The normalized spacial score (nSPS) is 20.1. The van der Waals surface area contributed by atoms with Gasteiger partial charge in [0.1, 0.15) is 5.82 Å². The van der Waals surface area contributed by atoms with E-state index in [1.54, 1.807) is 6.07 Å². The summed E-state index contributed by atoms with van der Waals surface area (Å²) < 4.78 is 1.03. The van der Waals surface area contributed by atoms with Crippen LogP contribution in [0.2, 0.25) is 0 Å². The number of rotatable bonds is 7. The number of benzene rings is 1. The van der Waals surface area contributed by atoms with Gasteiger partial charge in [-0.15, -0.1) is 0 Å². The van der Waals surface area contributed by atoms with Gasteiger partial charge in [-0.3, -0.25) is 14.5 Å². The Morgan fingerprint density at radius 3 is 2.60 bits per heavy atom. The van der Waals surface area contributed by atoms with Crippen LogP contribution < -0.4 is 16.8 Å². The zero-order chi connectivity index (χ0) is 21.8. The largest absolute Gasteiger partial charge is 0.384 e. The van der Waals surface area contributed by atoms with Gasteiger partial charge >= 0.3 is 0 Å². The van der Waals surface area contributed by atoms with Gasteiger partial charge in [0, 0.05) is 23.3 Å². The average Bonchev–Trinajstić information content (AvgIpc) is 3.12. The van der Waals surface area contributed by atoms with Crippen LogP contribution in [0, 0.1) is 12.8 Å². The molecular weight excluding hydrogens is 446 g/mol. The topological polar surface area (TPSA) is 114 Å². The Hall–Kier alpha value is -2.45. The number of hydrogen-bond acceptors (Lipinski definition) is 5. The molecule has 160 valence electrons. The van der Waals surface area contributed by atoms with Gasteiger partial charge in [0.2, 0.25) is 11.8 Å². The van der Waals surface area contributed by atoms with E-state index in [1.165, 1.54) is 5.56 Å². The van der Waals surface area contributed by atoms with Gasteiger partial charge in [0.25, 0.3) is 0 Å². The molecule has 2 heterocycles. The molecule has 3 atom stereocenters. The minimum absolute atomic E-state index is 0.137. The van der Waals surface area contributed by atoms with E-state index in [-0.39, 0.29) is 17.7 Å². The summed E-state index contributed by atoms with van der Waals surface area (Å²) in [6, 6.07) is 10.9. The van der Waals surface area contributed by atoms with E-state index in [1.807, 2.05) is 36.9 Å². The molecule has 2 aromatic rings. The first-order valence-corrected chi connectivity index (χ1v) is 10.8. The van der Waals surface area contributed by atoms with Gasteiger partial charge in [-0.1, -0.05) is 34.1 Å². The number of amides is 2. The van der Waals surface area contributed by atoms with Crippen molar-refractivity contribution in [1.29, 1.82) is 0 Å². The minimum atomic E-state index is -0.459. The molecule has 1 fully saturated rings.